The average molecular weight is 397 g/mol. The van der Waals surface area contributed by atoms with Crippen molar-refractivity contribution in [3.05, 3.63) is 94.0 Å². The average Bonchev–Trinajstić information content (AvgIpc) is 3.11. The van der Waals surface area contributed by atoms with Crippen molar-refractivity contribution in [2.45, 2.75) is 13.0 Å². The maximum atomic E-state index is 12.3. The van der Waals surface area contributed by atoms with E-state index in [1.807, 2.05) is 36.4 Å². The van der Waals surface area contributed by atoms with Gasteiger partial charge in [0.05, 0.1) is 10.9 Å². The molecule has 148 valence electrons. The molecule has 0 aliphatic heterocycles. The predicted octanol–water partition coefficient (Wildman–Crippen LogP) is 3.65. The number of aromatic amines is 1. The van der Waals surface area contributed by atoms with E-state index < -0.39 is 0 Å². The number of hydrogen-bond donors (Lipinski definition) is 2. The molecule has 1 amide bonds. The van der Waals surface area contributed by atoms with Gasteiger partial charge in [-0.1, -0.05) is 42.5 Å². The van der Waals surface area contributed by atoms with Gasteiger partial charge in [0, 0.05) is 5.69 Å². The van der Waals surface area contributed by atoms with Gasteiger partial charge < -0.3 is 15.0 Å². The third-order valence-electron chi connectivity index (χ3n) is 5.21. The Balaban J connectivity index is 1.20. The number of ether oxygens (including phenoxy) is 1. The lowest BCUT2D eigenvalue weighted by atomic mass is 10.1. The third-order valence-corrected chi connectivity index (χ3v) is 5.21. The molecule has 1 aliphatic rings. The van der Waals surface area contributed by atoms with Gasteiger partial charge in [0.25, 0.3) is 5.56 Å². The summed E-state index contributed by atoms with van der Waals surface area (Å²) in [5.41, 5.74) is 6.10. The van der Waals surface area contributed by atoms with Crippen molar-refractivity contribution in [1.29, 1.82) is 0 Å². The molecule has 0 bridgehead atoms. The Hall–Kier alpha value is -3.77. The number of carbonyl (C=O) groups is 1. The van der Waals surface area contributed by atoms with Crippen molar-refractivity contribution in [2.75, 3.05) is 11.9 Å². The van der Waals surface area contributed by atoms with Crippen LogP contribution in [0, 0.1) is 0 Å². The Morgan fingerprint density at radius 2 is 1.80 bits per heavy atom. The Morgan fingerprint density at radius 3 is 2.73 bits per heavy atom. The van der Waals surface area contributed by atoms with Crippen molar-refractivity contribution >= 4 is 22.5 Å². The molecule has 0 atom stereocenters. The fourth-order valence-corrected chi connectivity index (χ4v) is 3.86. The fourth-order valence-electron chi connectivity index (χ4n) is 3.86. The molecule has 5 rings (SSSR count). The number of fused-ring (bicyclic) bond motifs is 4. The second kappa shape index (κ2) is 7.57. The van der Waals surface area contributed by atoms with Crippen LogP contribution in [0.4, 0.5) is 5.69 Å². The normalized spacial score (nSPS) is 11.9. The molecule has 4 aromatic rings. The van der Waals surface area contributed by atoms with Gasteiger partial charge in [-0.15, -0.1) is 0 Å². The molecule has 1 aromatic heterocycles. The topological polar surface area (TPSA) is 84.1 Å². The molecule has 0 spiro atoms. The Kier molecular flexibility index (Phi) is 4.61. The molecule has 0 radical (unpaired) electrons. The van der Waals surface area contributed by atoms with Crippen molar-refractivity contribution in [3.63, 3.8) is 0 Å². The molecule has 0 fully saturated rings. The number of rotatable bonds is 5. The number of para-hydroxylation sites is 1. The molecule has 6 heteroatoms. The van der Waals surface area contributed by atoms with E-state index in [0.717, 1.165) is 12.1 Å². The summed E-state index contributed by atoms with van der Waals surface area (Å²) in [5, 5.41) is 3.40. The number of carbonyl (C=O) groups excluding carboxylic acids is 1. The van der Waals surface area contributed by atoms with Crippen LogP contribution in [-0.2, 0) is 22.6 Å². The lowest BCUT2D eigenvalue weighted by Crippen LogP contribution is -2.19. The maximum absolute atomic E-state index is 12.3. The first-order chi connectivity index (χ1) is 14.7. The number of aromatic nitrogens is 2. The van der Waals surface area contributed by atoms with Crippen molar-refractivity contribution in [3.8, 4) is 11.1 Å². The van der Waals surface area contributed by atoms with E-state index >= 15 is 0 Å². The summed E-state index contributed by atoms with van der Waals surface area (Å²) in [6, 6.07) is 21.4. The van der Waals surface area contributed by atoms with Crippen LogP contribution in [0.5, 0.6) is 0 Å². The van der Waals surface area contributed by atoms with E-state index in [1.54, 1.807) is 18.2 Å². The van der Waals surface area contributed by atoms with Crippen LogP contribution in [0.2, 0.25) is 0 Å². The Bertz CT molecular complexity index is 1330. The zero-order chi connectivity index (χ0) is 20.5. The molecule has 3 aromatic carbocycles. The van der Waals surface area contributed by atoms with Gasteiger partial charge in [-0.25, -0.2) is 4.98 Å². The summed E-state index contributed by atoms with van der Waals surface area (Å²) in [6.07, 6.45) is 0.868. The molecule has 6 nitrogen and oxygen atoms in total. The van der Waals surface area contributed by atoms with Crippen LogP contribution >= 0.6 is 0 Å². The van der Waals surface area contributed by atoms with E-state index in [1.165, 1.54) is 22.3 Å². The smallest absolute Gasteiger partial charge is 0.258 e. The van der Waals surface area contributed by atoms with Gasteiger partial charge in [0.1, 0.15) is 19.0 Å². The van der Waals surface area contributed by atoms with Crippen molar-refractivity contribution in [1.82, 2.24) is 9.97 Å². The summed E-state index contributed by atoms with van der Waals surface area (Å²) in [4.78, 5) is 31.4. The molecule has 0 saturated carbocycles. The van der Waals surface area contributed by atoms with Crippen LogP contribution in [0.15, 0.2) is 71.5 Å². The highest BCUT2D eigenvalue weighted by atomic mass is 16.5. The van der Waals surface area contributed by atoms with Crippen LogP contribution in [0.1, 0.15) is 17.0 Å². The highest BCUT2D eigenvalue weighted by Crippen LogP contribution is 2.37. The fraction of sp³-hybridized carbons (Fsp3) is 0.125. The summed E-state index contributed by atoms with van der Waals surface area (Å²) < 4.78 is 5.46. The molecule has 0 saturated heterocycles. The van der Waals surface area contributed by atoms with Crippen LogP contribution in [0.3, 0.4) is 0 Å². The zero-order valence-electron chi connectivity index (χ0n) is 16.1. The summed E-state index contributed by atoms with van der Waals surface area (Å²) >= 11 is 0. The van der Waals surface area contributed by atoms with Crippen LogP contribution in [-0.4, -0.2) is 22.5 Å². The molecule has 30 heavy (non-hydrogen) atoms. The highest BCUT2D eigenvalue weighted by Gasteiger charge is 2.18. The van der Waals surface area contributed by atoms with Gasteiger partial charge in [-0.3, -0.25) is 9.59 Å². The van der Waals surface area contributed by atoms with Gasteiger partial charge >= 0.3 is 0 Å². The van der Waals surface area contributed by atoms with Crippen LogP contribution < -0.4 is 10.9 Å². The van der Waals surface area contributed by atoms with Gasteiger partial charge in [-0.05, 0) is 52.9 Å². The first-order valence-corrected chi connectivity index (χ1v) is 9.74. The van der Waals surface area contributed by atoms with Crippen LogP contribution in [0.25, 0.3) is 22.0 Å². The van der Waals surface area contributed by atoms with E-state index in [4.69, 9.17) is 4.74 Å². The Labute approximate surface area is 172 Å². The number of benzene rings is 3. The molecule has 1 heterocycles. The van der Waals surface area contributed by atoms with E-state index in [0.29, 0.717) is 16.7 Å². The summed E-state index contributed by atoms with van der Waals surface area (Å²) in [6.45, 7) is -0.0825. The lowest BCUT2D eigenvalue weighted by molar-refractivity contribution is -0.121. The Morgan fingerprint density at radius 1 is 1.00 bits per heavy atom. The summed E-state index contributed by atoms with van der Waals surface area (Å²) in [7, 11) is 0. The van der Waals surface area contributed by atoms with Gasteiger partial charge in [-0.2, -0.15) is 0 Å². The minimum atomic E-state index is -0.256. The van der Waals surface area contributed by atoms with Gasteiger partial charge in [0.15, 0.2) is 0 Å². The first kappa shape index (κ1) is 18.3. The molecular weight excluding hydrogens is 378 g/mol. The third kappa shape index (κ3) is 3.49. The second-order valence-corrected chi connectivity index (χ2v) is 7.28. The second-order valence-electron chi connectivity index (χ2n) is 7.28. The number of hydrogen-bond acceptors (Lipinski definition) is 4. The number of H-pyrrole nitrogens is 1. The van der Waals surface area contributed by atoms with E-state index in [2.05, 4.69) is 27.4 Å². The maximum Gasteiger partial charge on any atom is 0.258 e. The molecular formula is C24H19N3O3. The number of amides is 1. The molecule has 1 aliphatic carbocycles. The van der Waals surface area contributed by atoms with Crippen molar-refractivity contribution < 1.29 is 9.53 Å². The molecule has 0 unspecified atom stereocenters. The van der Waals surface area contributed by atoms with E-state index in [9.17, 15) is 9.59 Å². The lowest BCUT2D eigenvalue weighted by Gasteiger charge is -2.08. The largest absolute Gasteiger partial charge is 0.364 e. The first-order valence-electron chi connectivity index (χ1n) is 9.74. The number of anilines is 1. The predicted molar refractivity (Wildman–Crippen MR) is 115 cm³/mol. The monoisotopic (exact) mass is 397 g/mol. The minimum Gasteiger partial charge on any atom is -0.364 e. The van der Waals surface area contributed by atoms with Crippen molar-refractivity contribution in [2.24, 2.45) is 0 Å². The molecule has 2 N–H and O–H groups in total. The SMILES string of the molecule is O=C(COCc1nc2ccccc2c(=O)[nH]1)Nc1ccc2c(c1)Cc1ccccc1-2. The van der Waals surface area contributed by atoms with Gasteiger partial charge in [0.2, 0.25) is 5.91 Å². The standard InChI is InChI=1S/C24H19N3O3/c28-23(14-30-13-22-26-21-8-4-3-7-20(21)24(29)27-22)25-17-9-10-19-16(12-17)11-15-5-1-2-6-18(15)19/h1-10,12H,11,13-14H2,(H,25,28)(H,26,27,29). The minimum absolute atomic E-state index is 0.0486. The zero-order valence-corrected chi connectivity index (χ0v) is 16.1. The van der Waals surface area contributed by atoms with E-state index in [-0.39, 0.29) is 24.7 Å². The number of nitrogens with zero attached hydrogens (tertiary/aromatic N) is 1. The summed E-state index contributed by atoms with van der Waals surface area (Å²) in [5.74, 6) is 0.135. The number of nitrogens with one attached hydrogen (secondary N) is 2. The highest BCUT2D eigenvalue weighted by molar-refractivity contribution is 5.92. The quantitative estimate of drug-likeness (QED) is 0.474.